The number of nitrogens with one attached hydrogen (secondary N) is 4. The number of hydrogen-bond donors (Lipinski definition) is 4. The standard InChI is InChI=1S/C5H12N4O4/c1-12-8-4(10)6-3-7-5(11)9-13-2/h3H2,1-2H3,(H2,6,8,10)(H2,7,9,11). The van der Waals surface area contributed by atoms with Gasteiger partial charge in [-0.2, -0.15) is 0 Å². The Morgan fingerprint density at radius 3 is 1.69 bits per heavy atom. The van der Waals surface area contributed by atoms with Gasteiger partial charge in [-0.3, -0.25) is 9.68 Å². The third kappa shape index (κ3) is 6.84. The lowest BCUT2D eigenvalue weighted by Gasteiger charge is -2.07. The van der Waals surface area contributed by atoms with Crippen LogP contribution in [0.25, 0.3) is 0 Å². The predicted molar refractivity (Wildman–Crippen MR) is 42.2 cm³/mol. The molecule has 0 aliphatic heterocycles. The van der Waals surface area contributed by atoms with Gasteiger partial charge in [-0.15, -0.1) is 0 Å². The molecule has 0 saturated heterocycles. The Hall–Kier alpha value is -1.54. The van der Waals surface area contributed by atoms with Crippen molar-refractivity contribution in [1.82, 2.24) is 21.6 Å². The lowest BCUT2D eigenvalue weighted by molar-refractivity contribution is 0.103. The molecule has 0 rings (SSSR count). The minimum atomic E-state index is -0.555. The van der Waals surface area contributed by atoms with E-state index < -0.39 is 12.1 Å². The fourth-order valence-electron chi connectivity index (χ4n) is 0.462. The number of carbonyl (C=O) groups is 2. The molecule has 76 valence electrons. The molecule has 0 saturated carbocycles. The van der Waals surface area contributed by atoms with E-state index in [1.165, 1.54) is 14.2 Å². The van der Waals surface area contributed by atoms with Crippen molar-refractivity contribution < 1.29 is 19.3 Å². The Labute approximate surface area is 74.9 Å². The van der Waals surface area contributed by atoms with Gasteiger partial charge in [0.15, 0.2) is 0 Å². The summed E-state index contributed by atoms with van der Waals surface area (Å²) in [6.07, 6.45) is 0. The molecule has 0 aliphatic carbocycles. The minimum absolute atomic E-state index is 0.0373. The van der Waals surface area contributed by atoms with Gasteiger partial charge in [-0.1, -0.05) is 0 Å². The molecule has 0 unspecified atom stereocenters. The number of hydrogen-bond acceptors (Lipinski definition) is 4. The lowest BCUT2D eigenvalue weighted by atomic mass is 10.9. The zero-order valence-electron chi connectivity index (χ0n) is 7.34. The van der Waals surface area contributed by atoms with Gasteiger partial charge in [0, 0.05) is 0 Å². The van der Waals surface area contributed by atoms with Crippen LogP contribution in [0, 0.1) is 0 Å². The third-order valence-corrected chi connectivity index (χ3v) is 0.887. The molecule has 0 atom stereocenters. The molecule has 4 amide bonds. The fourth-order valence-corrected chi connectivity index (χ4v) is 0.462. The molecule has 0 aromatic carbocycles. The van der Waals surface area contributed by atoms with Crippen LogP contribution >= 0.6 is 0 Å². The van der Waals surface area contributed by atoms with Gasteiger partial charge in [0.1, 0.15) is 0 Å². The van der Waals surface area contributed by atoms with Crippen molar-refractivity contribution in [3.05, 3.63) is 0 Å². The summed E-state index contributed by atoms with van der Waals surface area (Å²) in [5.74, 6) is 0. The van der Waals surface area contributed by atoms with Gasteiger partial charge >= 0.3 is 12.1 Å². The van der Waals surface area contributed by atoms with E-state index in [2.05, 4.69) is 20.3 Å². The Bertz CT molecular complexity index is 156. The molecule has 0 bridgehead atoms. The normalized spacial score (nSPS) is 8.77. The Morgan fingerprint density at radius 2 is 1.38 bits per heavy atom. The van der Waals surface area contributed by atoms with Crippen LogP contribution in [0.1, 0.15) is 0 Å². The molecule has 0 spiro atoms. The maximum atomic E-state index is 10.6. The Kier molecular flexibility index (Phi) is 6.28. The van der Waals surface area contributed by atoms with Gasteiger partial charge in [0.2, 0.25) is 0 Å². The zero-order chi connectivity index (χ0) is 10.1. The molecule has 8 nitrogen and oxygen atoms in total. The molecule has 8 heteroatoms. The van der Waals surface area contributed by atoms with Gasteiger partial charge in [-0.05, 0) is 0 Å². The number of carbonyl (C=O) groups excluding carboxylic acids is 2. The lowest BCUT2D eigenvalue weighted by Crippen LogP contribution is -2.45. The highest BCUT2D eigenvalue weighted by molar-refractivity contribution is 5.75. The average Bonchev–Trinajstić information content (AvgIpc) is 2.05. The van der Waals surface area contributed by atoms with Crippen molar-refractivity contribution in [2.75, 3.05) is 20.9 Å². The average molecular weight is 192 g/mol. The first-order valence-electron chi connectivity index (χ1n) is 3.34. The van der Waals surface area contributed by atoms with E-state index in [1.54, 1.807) is 0 Å². The Balaban J connectivity index is 3.33. The van der Waals surface area contributed by atoms with Crippen LogP contribution in [-0.4, -0.2) is 33.0 Å². The second-order valence-electron chi connectivity index (χ2n) is 1.80. The minimum Gasteiger partial charge on any atom is -0.319 e. The summed E-state index contributed by atoms with van der Waals surface area (Å²) < 4.78 is 0. The fraction of sp³-hybridized carbons (Fsp3) is 0.600. The van der Waals surface area contributed by atoms with Crippen molar-refractivity contribution in [2.45, 2.75) is 0 Å². The maximum absolute atomic E-state index is 10.6. The largest absolute Gasteiger partial charge is 0.340 e. The number of urea groups is 2. The van der Waals surface area contributed by atoms with E-state index in [-0.39, 0.29) is 6.67 Å². The van der Waals surface area contributed by atoms with Crippen LogP contribution in [0.3, 0.4) is 0 Å². The third-order valence-electron chi connectivity index (χ3n) is 0.887. The highest BCUT2D eigenvalue weighted by Gasteiger charge is 1.99. The van der Waals surface area contributed by atoms with Gasteiger partial charge in [-0.25, -0.2) is 20.5 Å². The first-order valence-corrected chi connectivity index (χ1v) is 3.34. The van der Waals surface area contributed by atoms with Gasteiger partial charge in [0.25, 0.3) is 0 Å². The summed E-state index contributed by atoms with van der Waals surface area (Å²) >= 11 is 0. The first-order chi connectivity index (χ1) is 6.20. The number of rotatable bonds is 4. The second kappa shape index (κ2) is 7.13. The smallest absolute Gasteiger partial charge is 0.319 e. The summed E-state index contributed by atoms with van der Waals surface area (Å²) in [6, 6.07) is -1.11. The van der Waals surface area contributed by atoms with Crippen LogP contribution in [0.15, 0.2) is 0 Å². The van der Waals surface area contributed by atoms with E-state index in [4.69, 9.17) is 0 Å². The SMILES string of the molecule is CONC(=O)NCNC(=O)NOC. The monoisotopic (exact) mass is 192 g/mol. The van der Waals surface area contributed by atoms with Crippen molar-refractivity contribution in [2.24, 2.45) is 0 Å². The van der Waals surface area contributed by atoms with Crippen LogP contribution in [0.4, 0.5) is 9.59 Å². The van der Waals surface area contributed by atoms with Crippen molar-refractivity contribution in [1.29, 1.82) is 0 Å². The van der Waals surface area contributed by atoms with Gasteiger partial charge in [0.05, 0.1) is 20.9 Å². The van der Waals surface area contributed by atoms with E-state index in [1.807, 2.05) is 11.0 Å². The molecule has 4 N–H and O–H groups in total. The van der Waals surface area contributed by atoms with Crippen LogP contribution in [-0.2, 0) is 9.68 Å². The molecule has 0 aliphatic rings. The summed E-state index contributed by atoms with van der Waals surface area (Å²) in [7, 11) is 2.59. The van der Waals surface area contributed by atoms with E-state index in [0.717, 1.165) is 0 Å². The van der Waals surface area contributed by atoms with E-state index in [9.17, 15) is 9.59 Å². The van der Waals surface area contributed by atoms with Gasteiger partial charge < -0.3 is 10.6 Å². The van der Waals surface area contributed by atoms with E-state index >= 15 is 0 Å². The van der Waals surface area contributed by atoms with Crippen LogP contribution in [0.2, 0.25) is 0 Å². The number of amides is 4. The molecular weight excluding hydrogens is 180 g/mol. The summed E-state index contributed by atoms with van der Waals surface area (Å²) in [4.78, 5) is 29.9. The summed E-state index contributed by atoms with van der Waals surface area (Å²) in [5, 5.41) is 4.54. The topological polar surface area (TPSA) is 101 Å². The van der Waals surface area contributed by atoms with Crippen molar-refractivity contribution in [3.63, 3.8) is 0 Å². The Morgan fingerprint density at radius 1 is 1.00 bits per heavy atom. The number of hydroxylamine groups is 2. The van der Waals surface area contributed by atoms with Crippen molar-refractivity contribution in [3.8, 4) is 0 Å². The van der Waals surface area contributed by atoms with E-state index in [0.29, 0.717) is 0 Å². The predicted octanol–water partition coefficient (Wildman–Crippen LogP) is -1.33. The molecular formula is C5H12N4O4. The highest BCUT2D eigenvalue weighted by atomic mass is 16.6. The van der Waals surface area contributed by atoms with Crippen LogP contribution < -0.4 is 21.6 Å². The van der Waals surface area contributed by atoms with Crippen LogP contribution in [0.5, 0.6) is 0 Å². The molecule has 0 heterocycles. The second-order valence-corrected chi connectivity index (χ2v) is 1.80. The zero-order valence-corrected chi connectivity index (χ0v) is 7.34. The molecule has 0 aromatic rings. The molecule has 0 fully saturated rings. The molecule has 0 aromatic heterocycles. The highest BCUT2D eigenvalue weighted by Crippen LogP contribution is 1.64. The summed E-state index contributed by atoms with van der Waals surface area (Å²) in [6.45, 7) is -0.0373. The quantitative estimate of drug-likeness (QED) is 0.327. The molecule has 13 heavy (non-hydrogen) atoms. The summed E-state index contributed by atoms with van der Waals surface area (Å²) in [5.41, 5.74) is 4.00. The molecule has 0 radical (unpaired) electrons. The first kappa shape index (κ1) is 11.5. The maximum Gasteiger partial charge on any atom is 0.340 e. The van der Waals surface area contributed by atoms with Crippen molar-refractivity contribution >= 4 is 12.1 Å².